The highest BCUT2D eigenvalue weighted by molar-refractivity contribution is 7.11. The average molecular weight is 302 g/mol. The first-order valence-corrected chi connectivity index (χ1v) is 8.62. The summed E-state index contributed by atoms with van der Waals surface area (Å²) in [6.07, 6.45) is 6.94. The number of aromatic nitrogens is 3. The lowest BCUT2D eigenvalue weighted by molar-refractivity contribution is 0.680. The van der Waals surface area contributed by atoms with Gasteiger partial charge in [0.05, 0.1) is 10.7 Å². The number of anilines is 1. The molecule has 0 aliphatic heterocycles. The van der Waals surface area contributed by atoms with Crippen LogP contribution < -0.4 is 5.32 Å². The van der Waals surface area contributed by atoms with Gasteiger partial charge in [0.15, 0.2) is 0 Å². The zero-order chi connectivity index (χ0) is 14.7. The Labute approximate surface area is 130 Å². The third-order valence-corrected chi connectivity index (χ3v) is 5.01. The predicted molar refractivity (Wildman–Crippen MR) is 87.1 cm³/mol. The summed E-state index contributed by atoms with van der Waals surface area (Å²) < 4.78 is 0. The summed E-state index contributed by atoms with van der Waals surface area (Å²) in [5.41, 5.74) is 2.45. The smallest absolute Gasteiger partial charge is 0.129 e. The first-order valence-electron chi connectivity index (χ1n) is 7.80. The number of rotatable bonds is 5. The maximum atomic E-state index is 4.78. The standard InChI is InChI=1S/C16H22N4S/c1-3-12-10-15(19-11(2)18-12)17-9-8-16-20-13-6-4-5-7-14(13)21-16/h10H,3-9H2,1-2H3,(H,17,18,19). The lowest BCUT2D eigenvalue weighted by atomic mass is 10.0. The van der Waals surface area contributed by atoms with E-state index in [-0.39, 0.29) is 0 Å². The number of hydrogen-bond acceptors (Lipinski definition) is 5. The van der Waals surface area contributed by atoms with Crippen LogP contribution in [0.15, 0.2) is 6.07 Å². The summed E-state index contributed by atoms with van der Waals surface area (Å²) >= 11 is 1.90. The van der Waals surface area contributed by atoms with E-state index in [1.807, 2.05) is 24.3 Å². The quantitative estimate of drug-likeness (QED) is 0.920. The number of thiazole rings is 1. The molecule has 21 heavy (non-hydrogen) atoms. The van der Waals surface area contributed by atoms with Crippen LogP contribution in [-0.2, 0) is 25.7 Å². The topological polar surface area (TPSA) is 50.7 Å². The van der Waals surface area contributed by atoms with Crippen molar-refractivity contribution >= 4 is 17.2 Å². The molecule has 4 nitrogen and oxygen atoms in total. The number of nitrogens with one attached hydrogen (secondary N) is 1. The van der Waals surface area contributed by atoms with Gasteiger partial charge in [0.2, 0.25) is 0 Å². The van der Waals surface area contributed by atoms with E-state index in [2.05, 4.69) is 22.2 Å². The van der Waals surface area contributed by atoms with Crippen LogP contribution in [0.3, 0.4) is 0 Å². The molecular formula is C16H22N4S. The van der Waals surface area contributed by atoms with Crippen LogP contribution in [0, 0.1) is 6.92 Å². The molecule has 3 rings (SSSR count). The number of nitrogens with zero attached hydrogens (tertiary/aromatic N) is 3. The number of fused-ring (bicyclic) bond motifs is 1. The van der Waals surface area contributed by atoms with Crippen molar-refractivity contribution in [2.45, 2.75) is 52.4 Å². The maximum Gasteiger partial charge on any atom is 0.129 e. The summed E-state index contributed by atoms with van der Waals surface area (Å²) in [4.78, 5) is 15.1. The van der Waals surface area contributed by atoms with E-state index in [1.165, 1.54) is 41.3 Å². The van der Waals surface area contributed by atoms with Crippen molar-refractivity contribution in [1.82, 2.24) is 15.0 Å². The van der Waals surface area contributed by atoms with E-state index in [1.54, 1.807) is 0 Å². The van der Waals surface area contributed by atoms with Gasteiger partial charge in [0.25, 0.3) is 0 Å². The fraction of sp³-hybridized carbons (Fsp3) is 0.562. The Bertz CT molecular complexity index is 597. The highest BCUT2D eigenvalue weighted by Gasteiger charge is 2.14. The van der Waals surface area contributed by atoms with Crippen LogP contribution in [-0.4, -0.2) is 21.5 Å². The van der Waals surface area contributed by atoms with Gasteiger partial charge in [-0.3, -0.25) is 0 Å². The Hall–Kier alpha value is -1.49. The van der Waals surface area contributed by atoms with Gasteiger partial charge < -0.3 is 5.32 Å². The molecule has 2 heterocycles. The van der Waals surface area contributed by atoms with Crippen LogP contribution in [0.4, 0.5) is 5.82 Å². The zero-order valence-electron chi connectivity index (χ0n) is 12.8. The van der Waals surface area contributed by atoms with Crippen molar-refractivity contribution in [3.8, 4) is 0 Å². The molecule has 0 saturated heterocycles. The van der Waals surface area contributed by atoms with Gasteiger partial charge in [0.1, 0.15) is 11.6 Å². The first-order chi connectivity index (χ1) is 10.2. The van der Waals surface area contributed by atoms with E-state index >= 15 is 0 Å². The SMILES string of the molecule is CCc1cc(NCCc2nc3c(s2)CCCC3)nc(C)n1. The summed E-state index contributed by atoms with van der Waals surface area (Å²) in [5.74, 6) is 1.77. The van der Waals surface area contributed by atoms with Crippen LogP contribution in [0.2, 0.25) is 0 Å². The third kappa shape index (κ3) is 3.59. The van der Waals surface area contributed by atoms with Crippen molar-refractivity contribution in [2.24, 2.45) is 0 Å². The Morgan fingerprint density at radius 3 is 2.86 bits per heavy atom. The Balaban J connectivity index is 1.58. The molecule has 5 heteroatoms. The Kier molecular flexibility index (Phi) is 4.48. The van der Waals surface area contributed by atoms with Gasteiger partial charge in [-0.2, -0.15) is 0 Å². The minimum absolute atomic E-state index is 0.835. The second-order valence-electron chi connectivity index (χ2n) is 5.51. The molecule has 1 N–H and O–H groups in total. The van der Waals surface area contributed by atoms with Crippen molar-refractivity contribution in [1.29, 1.82) is 0 Å². The van der Waals surface area contributed by atoms with Crippen molar-refractivity contribution in [3.63, 3.8) is 0 Å². The van der Waals surface area contributed by atoms with Crippen LogP contribution in [0.5, 0.6) is 0 Å². The van der Waals surface area contributed by atoms with Gasteiger partial charge in [-0.15, -0.1) is 11.3 Å². The Morgan fingerprint density at radius 1 is 1.19 bits per heavy atom. The summed E-state index contributed by atoms with van der Waals surface area (Å²) in [6.45, 7) is 4.94. The molecule has 1 aliphatic rings. The highest BCUT2D eigenvalue weighted by atomic mass is 32.1. The highest BCUT2D eigenvalue weighted by Crippen LogP contribution is 2.26. The van der Waals surface area contributed by atoms with Crippen molar-refractivity contribution in [3.05, 3.63) is 33.2 Å². The van der Waals surface area contributed by atoms with Gasteiger partial charge >= 0.3 is 0 Å². The van der Waals surface area contributed by atoms with Crippen LogP contribution in [0.25, 0.3) is 0 Å². The molecule has 0 amide bonds. The van der Waals surface area contributed by atoms with E-state index in [0.29, 0.717) is 0 Å². The molecule has 1 aliphatic carbocycles. The fourth-order valence-electron chi connectivity index (χ4n) is 2.71. The van der Waals surface area contributed by atoms with Gasteiger partial charge in [-0.25, -0.2) is 15.0 Å². The predicted octanol–water partition coefficient (Wildman–Crippen LogP) is 3.34. The summed E-state index contributed by atoms with van der Waals surface area (Å²) in [7, 11) is 0. The van der Waals surface area contributed by atoms with Crippen LogP contribution >= 0.6 is 11.3 Å². The molecule has 0 saturated carbocycles. The lowest BCUT2D eigenvalue weighted by Crippen LogP contribution is -2.08. The Morgan fingerprint density at radius 2 is 2.05 bits per heavy atom. The second kappa shape index (κ2) is 6.52. The monoisotopic (exact) mass is 302 g/mol. The minimum atomic E-state index is 0.835. The van der Waals surface area contributed by atoms with E-state index in [0.717, 1.165) is 36.7 Å². The maximum absolute atomic E-state index is 4.78. The van der Waals surface area contributed by atoms with E-state index in [4.69, 9.17) is 4.98 Å². The lowest BCUT2D eigenvalue weighted by Gasteiger charge is -2.07. The molecule has 2 aromatic rings. The zero-order valence-corrected chi connectivity index (χ0v) is 13.6. The fourth-order valence-corrected chi connectivity index (χ4v) is 3.87. The molecular weight excluding hydrogens is 280 g/mol. The molecule has 0 unspecified atom stereocenters. The van der Waals surface area contributed by atoms with Crippen molar-refractivity contribution in [2.75, 3.05) is 11.9 Å². The van der Waals surface area contributed by atoms with Gasteiger partial charge in [-0.1, -0.05) is 6.92 Å². The van der Waals surface area contributed by atoms with Crippen LogP contribution in [0.1, 0.15) is 46.9 Å². The number of hydrogen-bond donors (Lipinski definition) is 1. The summed E-state index contributed by atoms with van der Waals surface area (Å²) in [5, 5.41) is 4.66. The molecule has 0 aromatic carbocycles. The van der Waals surface area contributed by atoms with Gasteiger partial charge in [-0.05, 0) is 39.0 Å². The van der Waals surface area contributed by atoms with Crippen molar-refractivity contribution < 1.29 is 0 Å². The molecule has 0 bridgehead atoms. The molecule has 0 spiro atoms. The summed E-state index contributed by atoms with van der Waals surface area (Å²) in [6, 6.07) is 2.04. The molecule has 2 aromatic heterocycles. The molecule has 0 fully saturated rings. The third-order valence-electron chi connectivity index (χ3n) is 3.79. The minimum Gasteiger partial charge on any atom is -0.370 e. The largest absolute Gasteiger partial charge is 0.370 e. The normalized spacial score (nSPS) is 14.0. The molecule has 112 valence electrons. The van der Waals surface area contributed by atoms with E-state index < -0.39 is 0 Å². The molecule has 0 atom stereocenters. The van der Waals surface area contributed by atoms with Gasteiger partial charge in [0, 0.05) is 29.6 Å². The first kappa shape index (κ1) is 14.4. The number of aryl methyl sites for hydroxylation is 4. The van der Waals surface area contributed by atoms with E-state index in [9.17, 15) is 0 Å². The molecule has 0 radical (unpaired) electrons. The second-order valence-corrected chi connectivity index (χ2v) is 6.67. The average Bonchev–Trinajstić information content (AvgIpc) is 2.89.